The molecule has 0 radical (unpaired) electrons. The zero-order valence-corrected chi connectivity index (χ0v) is 14.0. The molecule has 0 aliphatic heterocycles. The summed E-state index contributed by atoms with van der Waals surface area (Å²) >= 11 is 3.68. The monoisotopic (exact) mass is 343 g/mol. The molecule has 0 bridgehead atoms. The van der Waals surface area contributed by atoms with Gasteiger partial charge in [0.15, 0.2) is 5.78 Å². The molecule has 20 heavy (non-hydrogen) atoms. The predicted octanol–water partition coefficient (Wildman–Crippen LogP) is 3.59. The van der Waals surface area contributed by atoms with Gasteiger partial charge in [-0.15, -0.1) is 0 Å². The van der Waals surface area contributed by atoms with Crippen LogP contribution in [0.1, 0.15) is 64.7 Å². The Kier molecular flexibility index (Phi) is 6.06. The Morgan fingerprint density at radius 3 is 2.80 bits per heavy atom. The third-order valence-electron chi connectivity index (χ3n) is 4.80. The molecule has 0 saturated heterocycles. The van der Waals surface area contributed by atoms with E-state index >= 15 is 0 Å². The highest BCUT2D eigenvalue weighted by atomic mass is 79.9. The number of nitrogens with one attached hydrogen (secondary N) is 1. The predicted molar refractivity (Wildman–Crippen MR) is 83.9 cm³/mol. The fourth-order valence-electron chi connectivity index (χ4n) is 3.63. The molecule has 2 aliphatic rings. The van der Waals surface area contributed by atoms with E-state index < -0.39 is 0 Å². The average molecular weight is 344 g/mol. The molecule has 4 heteroatoms. The molecule has 0 aromatic heterocycles. The molecule has 0 aromatic carbocycles. The lowest BCUT2D eigenvalue weighted by molar-refractivity contribution is -0.134. The second-order valence-corrected chi connectivity index (χ2v) is 7.63. The van der Waals surface area contributed by atoms with E-state index in [0.29, 0.717) is 22.9 Å². The summed E-state index contributed by atoms with van der Waals surface area (Å²) in [5.74, 6) is 1.08. The van der Waals surface area contributed by atoms with Gasteiger partial charge in [-0.2, -0.15) is 0 Å². The Morgan fingerprint density at radius 2 is 2.05 bits per heavy atom. The van der Waals surface area contributed by atoms with E-state index in [0.717, 1.165) is 51.4 Å². The second-order valence-electron chi connectivity index (χ2n) is 6.33. The van der Waals surface area contributed by atoms with Crippen molar-refractivity contribution < 1.29 is 9.59 Å². The number of carbonyl (C=O) groups is 2. The van der Waals surface area contributed by atoms with Crippen molar-refractivity contribution in [3.63, 3.8) is 0 Å². The minimum atomic E-state index is -0.211. The van der Waals surface area contributed by atoms with Crippen molar-refractivity contribution in [2.45, 2.75) is 75.6 Å². The first-order valence-electron chi connectivity index (χ1n) is 8.09. The number of rotatable bonds is 5. The molecule has 2 saturated carbocycles. The van der Waals surface area contributed by atoms with Crippen molar-refractivity contribution in [2.75, 3.05) is 0 Å². The first kappa shape index (κ1) is 16.0. The van der Waals surface area contributed by atoms with E-state index in [9.17, 15) is 9.59 Å². The minimum Gasteiger partial charge on any atom is -0.346 e. The van der Waals surface area contributed by atoms with E-state index in [1.165, 1.54) is 0 Å². The highest BCUT2D eigenvalue weighted by Gasteiger charge is 2.41. The lowest BCUT2D eigenvalue weighted by atomic mass is 9.68. The van der Waals surface area contributed by atoms with Gasteiger partial charge in [-0.25, -0.2) is 0 Å². The maximum absolute atomic E-state index is 12.5. The topological polar surface area (TPSA) is 46.2 Å². The fraction of sp³-hybridized carbons (Fsp3) is 0.875. The van der Waals surface area contributed by atoms with Crippen LogP contribution in [0.3, 0.4) is 0 Å². The van der Waals surface area contributed by atoms with Crippen LogP contribution in [0.2, 0.25) is 0 Å². The summed E-state index contributed by atoms with van der Waals surface area (Å²) in [7, 11) is 0. The van der Waals surface area contributed by atoms with Crippen molar-refractivity contribution in [3.05, 3.63) is 0 Å². The van der Waals surface area contributed by atoms with Crippen LogP contribution < -0.4 is 5.32 Å². The Bertz CT molecular complexity index is 358. The molecule has 0 aromatic rings. The number of carbonyl (C=O) groups excluding carboxylic acids is 2. The smallest absolute Gasteiger partial charge is 0.220 e. The molecular weight excluding hydrogens is 318 g/mol. The molecule has 1 amide bonds. The van der Waals surface area contributed by atoms with E-state index in [1.54, 1.807) is 0 Å². The van der Waals surface area contributed by atoms with Gasteiger partial charge < -0.3 is 5.32 Å². The van der Waals surface area contributed by atoms with Crippen LogP contribution in [-0.2, 0) is 9.59 Å². The summed E-state index contributed by atoms with van der Waals surface area (Å²) in [5, 5.41) is 2.97. The van der Waals surface area contributed by atoms with Crippen LogP contribution in [0, 0.1) is 11.8 Å². The van der Waals surface area contributed by atoms with Gasteiger partial charge in [-0.05, 0) is 44.4 Å². The average Bonchev–Trinajstić information content (AvgIpc) is 2.42. The maximum atomic E-state index is 12.5. The quantitative estimate of drug-likeness (QED) is 0.612. The van der Waals surface area contributed by atoms with E-state index in [-0.39, 0.29) is 17.9 Å². The van der Waals surface area contributed by atoms with Crippen molar-refractivity contribution >= 4 is 27.6 Å². The Balaban J connectivity index is 1.82. The SMILES string of the molecule is CCCCCC(=O)NC1CCC2CC(Br)CCC2C1=O. The molecule has 2 aliphatic carbocycles. The molecule has 114 valence electrons. The third kappa shape index (κ3) is 4.06. The standard InChI is InChI=1S/C16H26BrNO2/c1-2-3-4-5-15(19)18-14-9-6-11-10-12(17)7-8-13(11)16(14)20/h11-14H,2-10H2,1H3,(H,18,19). The summed E-state index contributed by atoms with van der Waals surface area (Å²) in [5.41, 5.74) is 0. The maximum Gasteiger partial charge on any atom is 0.220 e. The van der Waals surface area contributed by atoms with Gasteiger partial charge in [0, 0.05) is 17.2 Å². The summed E-state index contributed by atoms with van der Waals surface area (Å²) < 4.78 is 0. The summed E-state index contributed by atoms with van der Waals surface area (Å²) in [6.45, 7) is 2.13. The van der Waals surface area contributed by atoms with Gasteiger partial charge in [-0.1, -0.05) is 35.7 Å². The van der Waals surface area contributed by atoms with E-state index in [4.69, 9.17) is 0 Å². The van der Waals surface area contributed by atoms with Crippen LogP contribution in [-0.4, -0.2) is 22.6 Å². The van der Waals surface area contributed by atoms with Gasteiger partial charge in [0.2, 0.25) is 5.91 Å². The highest BCUT2D eigenvalue weighted by molar-refractivity contribution is 9.09. The molecule has 2 fully saturated rings. The van der Waals surface area contributed by atoms with Crippen LogP contribution in [0.15, 0.2) is 0 Å². The van der Waals surface area contributed by atoms with Crippen LogP contribution in [0.5, 0.6) is 0 Å². The number of fused-ring (bicyclic) bond motifs is 1. The van der Waals surface area contributed by atoms with Crippen molar-refractivity contribution in [3.8, 4) is 0 Å². The van der Waals surface area contributed by atoms with Gasteiger partial charge >= 0.3 is 0 Å². The van der Waals surface area contributed by atoms with Crippen LogP contribution in [0.25, 0.3) is 0 Å². The van der Waals surface area contributed by atoms with Crippen molar-refractivity contribution in [2.24, 2.45) is 11.8 Å². The number of halogens is 1. The molecule has 1 N–H and O–H groups in total. The number of ketones is 1. The highest BCUT2D eigenvalue weighted by Crippen LogP contribution is 2.40. The zero-order valence-electron chi connectivity index (χ0n) is 12.4. The fourth-order valence-corrected chi connectivity index (χ4v) is 4.37. The largest absolute Gasteiger partial charge is 0.346 e. The van der Waals surface area contributed by atoms with Gasteiger partial charge in [0.25, 0.3) is 0 Å². The number of hydrogen-bond donors (Lipinski definition) is 1. The molecule has 3 nitrogen and oxygen atoms in total. The zero-order chi connectivity index (χ0) is 14.5. The van der Waals surface area contributed by atoms with Crippen LogP contribution in [0.4, 0.5) is 0 Å². The van der Waals surface area contributed by atoms with Gasteiger partial charge in [0.1, 0.15) is 0 Å². The van der Waals surface area contributed by atoms with Crippen LogP contribution >= 0.6 is 15.9 Å². The van der Waals surface area contributed by atoms with Gasteiger partial charge in [-0.3, -0.25) is 9.59 Å². The summed E-state index contributed by atoms with van der Waals surface area (Å²) in [4.78, 5) is 25.0. The minimum absolute atomic E-state index is 0.0597. The summed E-state index contributed by atoms with van der Waals surface area (Å²) in [6.07, 6.45) is 8.81. The summed E-state index contributed by atoms with van der Waals surface area (Å²) in [6, 6.07) is -0.211. The Labute approximate surface area is 130 Å². The first-order valence-corrected chi connectivity index (χ1v) is 9.00. The van der Waals surface area contributed by atoms with Crippen molar-refractivity contribution in [1.82, 2.24) is 5.32 Å². The number of alkyl halides is 1. The number of amides is 1. The number of Topliss-reactive ketones (excluding diaryl/α,β-unsaturated/α-hetero) is 1. The Hall–Kier alpha value is -0.380. The number of hydrogen-bond acceptors (Lipinski definition) is 2. The lowest BCUT2D eigenvalue weighted by Crippen LogP contribution is -2.50. The van der Waals surface area contributed by atoms with E-state index in [1.807, 2.05) is 0 Å². The molecule has 4 unspecified atom stereocenters. The molecule has 4 atom stereocenters. The molecular formula is C16H26BrNO2. The van der Waals surface area contributed by atoms with Crippen molar-refractivity contribution in [1.29, 1.82) is 0 Å². The number of unbranched alkanes of at least 4 members (excludes halogenated alkanes) is 2. The molecule has 2 rings (SSSR count). The Morgan fingerprint density at radius 1 is 1.25 bits per heavy atom. The first-order chi connectivity index (χ1) is 9.61. The molecule has 0 heterocycles. The third-order valence-corrected chi connectivity index (χ3v) is 5.63. The van der Waals surface area contributed by atoms with E-state index in [2.05, 4.69) is 28.2 Å². The lowest BCUT2D eigenvalue weighted by Gasteiger charge is -2.39. The normalized spacial score (nSPS) is 33.6. The molecule has 0 spiro atoms. The van der Waals surface area contributed by atoms with Gasteiger partial charge in [0.05, 0.1) is 6.04 Å². The second kappa shape index (κ2) is 7.58.